The van der Waals surface area contributed by atoms with E-state index in [0.29, 0.717) is 0 Å². The van der Waals surface area contributed by atoms with Crippen molar-refractivity contribution in [3.8, 4) is 0 Å². The fourth-order valence-electron chi connectivity index (χ4n) is 0. The Kier molecular flexibility index (Phi) is 257. The van der Waals surface area contributed by atoms with Crippen molar-refractivity contribution in [2.75, 3.05) is 0 Å². The van der Waals surface area contributed by atoms with Gasteiger partial charge < -0.3 is 5.48 Å². The van der Waals surface area contributed by atoms with E-state index >= 15 is 0 Å². The summed E-state index contributed by atoms with van der Waals surface area (Å²) in [7, 11) is 0. The Balaban J connectivity index is 0. The van der Waals surface area contributed by atoms with Crippen molar-refractivity contribution in [1.82, 2.24) is 0 Å². The molecule has 1 nitrogen and oxygen atoms in total. The van der Waals surface area contributed by atoms with Crippen molar-refractivity contribution in [1.29, 1.82) is 0 Å². The van der Waals surface area contributed by atoms with Crippen LogP contribution in [0.2, 0.25) is 0 Å². The van der Waals surface area contributed by atoms with Crippen LogP contribution in [0.15, 0.2) is 0 Å². The first-order valence-electron chi connectivity index (χ1n) is 0. The van der Waals surface area contributed by atoms with Crippen LogP contribution in [-0.2, 0) is 19.5 Å². The molecule has 0 bridgehead atoms. The molecule has 0 heterocycles. The summed E-state index contributed by atoms with van der Waals surface area (Å²) in [4.78, 5) is 0. The van der Waals surface area contributed by atoms with Crippen LogP contribution >= 0.6 is 0 Å². The second-order valence-electron chi connectivity index (χ2n) is 0. The summed E-state index contributed by atoms with van der Waals surface area (Å²) >= 11 is 0. The number of rotatable bonds is 0. The Hall–Kier alpha value is 2.89. The van der Waals surface area contributed by atoms with Gasteiger partial charge in [0.05, 0.1) is 0 Å². The Morgan fingerprint density at radius 2 is 1.00 bits per heavy atom. The van der Waals surface area contributed by atoms with Gasteiger partial charge in [0.2, 0.25) is 0 Å². The molecule has 0 saturated heterocycles. The van der Waals surface area contributed by atoms with Crippen molar-refractivity contribution >= 4 is 69.5 Å². The van der Waals surface area contributed by atoms with Gasteiger partial charge in [-0.3, -0.25) is 0 Å². The minimum atomic E-state index is 0. The Bertz CT molecular complexity index is 11.6. The molecule has 0 spiro atoms. The van der Waals surface area contributed by atoms with Gasteiger partial charge in [-0.25, -0.2) is 0 Å². The monoisotopic (exact) mass is 394 g/mol. The van der Waals surface area contributed by atoms with E-state index < -0.39 is 0 Å². The zero-order chi connectivity index (χ0) is 0. The van der Waals surface area contributed by atoms with Crippen LogP contribution in [0.25, 0.3) is 0 Å². The second-order valence-corrected chi connectivity index (χ2v) is 0. The third-order valence-corrected chi connectivity index (χ3v) is 0. The summed E-state index contributed by atoms with van der Waals surface area (Å²) in [5.74, 6) is 0. The van der Waals surface area contributed by atoms with E-state index in [4.69, 9.17) is 0 Å². The van der Waals surface area contributed by atoms with Gasteiger partial charge in [0.25, 0.3) is 0 Å². The average molecular weight is 395 g/mol. The number of hydrogen-bond donors (Lipinski definition) is 0. The molecule has 0 atom stereocenters. The first-order valence-corrected chi connectivity index (χ1v) is 0. The second kappa shape index (κ2) is 28.6. The summed E-state index contributed by atoms with van der Waals surface area (Å²) in [6.45, 7) is 0. The molecule has 2 radical (unpaired) electrons. The first-order chi connectivity index (χ1) is 0. The van der Waals surface area contributed by atoms with Crippen LogP contribution in [0, 0.1) is 0 Å². The summed E-state index contributed by atoms with van der Waals surface area (Å²) < 4.78 is 0. The molecule has 0 aromatic carbocycles. The van der Waals surface area contributed by atoms with E-state index in [0.717, 1.165) is 0 Å². The zero-order valence-electron chi connectivity index (χ0n) is 1.91. The smallest absolute Gasteiger partial charge is 0 e. The molecule has 0 aliphatic heterocycles. The first kappa shape index (κ1) is 44.9. The van der Waals surface area contributed by atoms with Crippen molar-refractivity contribution in [3.05, 3.63) is 0 Å². The molecule has 0 aliphatic rings. The molecule has 0 amide bonds. The molecule has 0 fully saturated rings. The third-order valence-electron chi connectivity index (χ3n) is 0. The Labute approximate surface area is 92.9 Å². The van der Waals surface area contributed by atoms with Gasteiger partial charge >= 0.3 is 69.5 Å². The summed E-state index contributed by atoms with van der Waals surface area (Å²) in [6.07, 6.45) is 0. The largest absolute Gasteiger partial charge is 0 e. The predicted octanol–water partition coefficient (Wildman–Crippen LogP) is -4.11. The third kappa shape index (κ3) is 19.7. The maximum atomic E-state index is 0. The number of hydrogen-bond acceptors (Lipinski definition) is 0. The van der Waals surface area contributed by atoms with Crippen molar-refractivity contribution in [3.63, 3.8) is 0 Å². The van der Waals surface area contributed by atoms with Gasteiger partial charge in [-0.05, 0) is 0 Å². The minimum absolute atomic E-state index is 0. The van der Waals surface area contributed by atoms with E-state index in [-0.39, 0.29) is 94.5 Å². The molecular formula is H10GaInOSnZn. The van der Waals surface area contributed by atoms with Crippen LogP contribution in [-0.4, -0.2) is 75.0 Å². The normalized spacial score (nSPS) is 0. The molecule has 0 aromatic heterocycles. The molecule has 0 unspecified atom stereocenters. The van der Waals surface area contributed by atoms with E-state index in [1.54, 1.807) is 0 Å². The Morgan fingerprint density at radius 3 is 1.00 bits per heavy atom. The van der Waals surface area contributed by atoms with Gasteiger partial charge in [-0.15, -0.1) is 0 Å². The standard InChI is InChI=1S/Ga.In.H2O.Sn.Zn.8H/h;;1H2;;;;;;;;;;. The van der Waals surface area contributed by atoms with Crippen molar-refractivity contribution in [2.24, 2.45) is 0 Å². The molecule has 2 N–H and O–H groups in total. The molecule has 5 heavy (non-hydrogen) atoms. The van der Waals surface area contributed by atoms with Gasteiger partial charge in [0.15, 0.2) is 0 Å². The summed E-state index contributed by atoms with van der Waals surface area (Å²) in [6, 6.07) is 0. The quantitative estimate of drug-likeness (QED) is 0.374. The van der Waals surface area contributed by atoms with Gasteiger partial charge in [-0.2, -0.15) is 0 Å². The molecule has 0 aliphatic carbocycles. The fraction of sp³-hybridized carbons (Fsp3) is 0. The fourth-order valence-corrected chi connectivity index (χ4v) is 0. The van der Waals surface area contributed by atoms with E-state index in [2.05, 4.69) is 0 Å². The molecule has 0 rings (SSSR count). The molecule has 0 saturated carbocycles. The molecular weight excluding hydrogens is 385 g/mol. The summed E-state index contributed by atoms with van der Waals surface area (Å²) in [5.41, 5.74) is 0. The van der Waals surface area contributed by atoms with Crippen LogP contribution in [0.4, 0.5) is 0 Å². The maximum Gasteiger partial charge on any atom is 0 e. The minimum Gasteiger partial charge on any atom is 0 e. The van der Waals surface area contributed by atoms with Crippen LogP contribution in [0.5, 0.6) is 0 Å². The van der Waals surface area contributed by atoms with E-state index in [1.807, 2.05) is 0 Å². The topological polar surface area (TPSA) is 31.5 Å². The van der Waals surface area contributed by atoms with Crippen molar-refractivity contribution in [2.45, 2.75) is 0 Å². The van der Waals surface area contributed by atoms with E-state index in [9.17, 15) is 0 Å². The molecule has 28 valence electrons. The van der Waals surface area contributed by atoms with Crippen LogP contribution in [0.1, 0.15) is 0 Å². The molecule has 0 aromatic rings. The van der Waals surface area contributed by atoms with Crippen molar-refractivity contribution < 1.29 is 25.0 Å². The SMILES string of the molecule is O.[GaH3].[InH3].[SnH2].[Zn]. The predicted molar refractivity (Wildman–Crippen MR) is 32.0 cm³/mol. The van der Waals surface area contributed by atoms with Gasteiger partial charge in [-0.1, -0.05) is 0 Å². The summed E-state index contributed by atoms with van der Waals surface area (Å²) in [5, 5.41) is 0. The Morgan fingerprint density at radius 1 is 1.00 bits per heavy atom. The van der Waals surface area contributed by atoms with Gasteiger partial charge in [0, 0.05) is 19.5 Å². The van der Waals surface area contributed by atoms with Crippen LogP contribution < -0.4 is 0 Å². The van der Waals surface area contributed by atoms with Crippen LogP contribution in [0.3, 0.4) is 0 Å². The maximum absolute atomic E-state index is 0. The van der Waals surface area contributed by atoms with Gasteiger partial charge in [0.1, 0.15) is 0 Å². The zero-order valence-corrected chi connectivity index (χ0v) is 8.92. The average Bonchev–Trinajstić information content (AvgIpc) is 0. The van der Waals surface area contributed by atoms with E-state index in [1.165, 1.54) is 0 Å². The molecule has 5 heteroatoms.